The number of nitrogens with zero attached hydrogens (tertiary/aromatic N) is 2. The maximum absolute atomic E-state index is 13.0. The third kappa shape index (κ3) is 4.49. The van der Waals surface area contributed by atoms with Crippen LogP contribution in [-0.4, -0.2) is 61.0 Å². The van der Waals surface area contributed by atoms with E-state index in [4.69, 9.17) is 4.74 Å². The van der Waals surface area contributed by atoms with Gasteiger partial charge in [0.1, 0.15) is 5.82 Å². The van der Waals surface area contributed by atoms with Crippen molar-refractivity contribution >= 4 is 17.4 Å². The second-order valence-electron chi connectivity index (χ2n) is 6.87. The maximum atomic E-state index is 13.0. The van der Waals surface area contributed by atoms with Gasteiger partial charge in [-0.3, -0.25) is 9.59 Å². The molecule has 140 valence electrons. The molecule has 5 nitrogen and oxygen atoms in total. The Kier molecular flexibility index (Phi) is 6.04. The average molecular weight is 360 g/mol. The molecule has 2 amide bonds. The fourth-order valence-electron chi connectivity index (χ4n) is 3.46. The van der Waals surface area contributed by atoms with Gasteiger partial charge in [0.25, 0.3) is 0 Å². The largest absolute Gasteiger partial charge is 0.378 e. The van der Waals surface area contributed by atoms with Crippen LogP contribution in [0.5, 0.6) is 0 Å². The molecular weight excluding hydrogens is 335 g/mol. The first-order chi connectivity index (χ1) is 12.5. The number of rotatable bonds is 3. The van der Waals surface area contributed by atoms with Crippen LogP contribution in [0.15, 0.2) is 30.3 Å². The third-order valence-corrected chi connectivity index (χ3v) is 5.12. The Bertz CT molecular complexity index is 673. The Morgan fingerprint density at radius 3 is 2.27 bits per heavy atom. The van der Waals surface area contributed by atoms with Gasteiger partial charge in [0.2, 0.25) is 11.8 Å². The average Bonchev–Trinajstić information content (AvgIpc) is 2.68. The van der Waals surface area contributed by atoms with E-state index >= 15 is 0 Å². The summed E-state index contributed by atoms with van der Waals surface area (Å²) in [5.41, 5.74) is 1.64. The fraction of sp³-hybridized carbons (Fsp3) is 0.500. The Morgan fingerprint density at radius 2 is 1.65 bits per heavy atom. The molecule has 0 saturated carbocycles. The number of carbonyl (C=O) groups excluding carboxylic acids is 2. The number of allylic oxidation sites excluding steroid dienone is 1. The van der Waals surface area contributed by atoms with Crippen molar-refractivity contribution in [2.45, 2.75) is 19.8 Å². The molecule has 0 N–H and O–H groups in total. The summed E-state index contributed by atoms with van der Waals surface area (Å²) in [4.78, 5) is 28.7. The van der Waals surface area contributed by atoms with Crippen molar-refractivity contribution in [2.75, 3.05) is 39.4 Å². The first kappa shape index (κ1) is 18.6. The zero-order chi connectivity index (χ0) is 18.5. The number of piperidine rings is 1. The fourth-order valence-corrected chi connectivity index (χ4v) is 3.46. The van der Waals surface area contributed by atoms with Crippen molar-refractivity contribution < 1.29 is 18.7 Å². The third-order valence-electron chi connectivity index (χ3n) is 5.12. The van der Waals surface area contributed by atoms with Gasteiger partial charge >= 0.3 is 0 Å². The van der Waals surface area contributed by atoms with Crippen LogP contribution in [0.3, 0.4) is 0 Å². The molecule has 3 rings (SSSR count). The normalized spacial score (nSPS) is 19.5. The number of carbonyl (C=O) groups is 2. The zero-order valence-corrected chi connectivity index (χ0v) is 15.1. The Labute approximate surface area is 153 Å². The van der Waals surface area contributed by atoms with Gasteiger partial charge < -0.3 is 14.5 Å². The summed E-state index contributed by atoms with van der Waals surface area (Å²) in [6.45, 7) is 5.57. The summed E-state index contributed by atoms with van der Waals surface area (Å²) in [6, 6.07) is 6.11. The van der Waals surface area contributed by atoms with Crippen LogP contribution in [0.2, 0.25) is 0 Å². The summed E-state index contributed by atoms with van der Waals surface area (Å²) in [5, 5.41) is 0. The second kappa shape index (κ2) is 8.45. The highest BCUT2D eigenvalue weighted by atomic mass is 19.1. The van der Waals surface area contributed by atoms with E-state index in [0.717, 1.165) is 11.1 Å². The van der Waals surface area contributed by atoms with Gasteiger partial charge in [0.15, 0.2) is 0 Å². The molecule has 2 aliphatic rings. The van der Waals surface area contributed by atoms with Crippen LogP contribution >= 0.6 is 0 Å². The highest BCUT2D eigenvalue weighted by molar-refractivity contribution is 5.95. The highest BCUT2D eigenvalue weighted by Gasteiger charge is 2.30. The monoisotopic (exact) mass is 360 g/mol. The van der Waals surface area contributed by atoms with Crippen molar-refractivity contribution in [3.63, 3.8) is 0 Å². The number of ether oxygens (including phenoxy) is 1. The molecule has 1 aromatic carbocycles. The lowest BCUT2D eigenvalue weighted by Crippen LogP contribution is -2.47. The lowest BCUT2D eigenvalue weighted by Gasteiger charge is -2.35. The number of benzene rings is 1. The molecule has 0 aliphatic carbocycles. The predicted octanol–water partition coefficient (Wildman–Crippen LogP) is 2.33. The van der Waals surface area contributed by atoms with E-state index in [0.29, 0.717) is 52.2 Å². The molecule has 0 atom stereocenters. The molecule has 2 heterocycles. The van der Waals surface area contributed by atoms with Crippen LogP contribution in [0.4, 0.5) is 4.39 Å². The van der Waals surface area contributed by atoms with Crippen molar-refractivity contribution in [3.05, 3.63) is 41.7 Å². The van der Waals surface area contributed by atoms with Crippen molar-refractivity contribution in [1.29, 1.82) is 0 Å². The van der Waals surface area contributed by atoms with Crippen LogP contribution in [0, 0.1) is 11.7 Å². The van der Waals surface area contributed by atoms with Gasteiger partial charge in [0, 0.05) is 38.2 Å². The molecule has 0 bridgehead atoms. The molecule has 0 radical (unpaired) electrons. The minimum absolute atomic E-state index is 0.000625. The van der Waals surface area contributed by atoms with Gasteiger partial charge in [-0.1, -0.05) is 12.1 Å². The molecule has 2 fully saturated rings. The van der Waals surface area contributed by atoms with E-state index in [1.807, 2.05) is 11.8 Å². The van der Waals surface area contributed by atoms with E-state index in [1.54, 1.807) is 23.1 Å². The number of halogens is 1. The minimum Gasteiger partial charge on any atom is -0.378 e. The highest BCUT2D eigenvalue weighted by Crippen LogP contribution is 2.22. The van der Waals surface area contributed by atoms with Crippen molar-refractivity contribution in [3.8, 4) is 0 Å². The minimum atomic E-state index is -0.292. The standard InChI is InChI=1S/C20H25FN2O3/c1-15(16-2-4-18(21)5-3-16)14-19(24)22-8-6-17(7-9-22)20(25)23-10-12-26-13-11-23/h2-5,14,17H,6-13H2,1H3/b15-14+. The maximum Gasteiger partial charge on any atom is 0.246 e. The SMILES string of the molecule is C/C(=C\C(=O)N1CCC(C(=O)N2CCOCC2)CC1)c1ccc(F)cc1. The van der Waals surface area contributed by atoms with Crippen molar-refractivity contribution in [1.82, 2.24) is 9.80 Å². The number of likely N-dealkylation sites (tertiary alicyclic amines) is 1. The molecule has 1 aromatic rings. The summed E-state index contributed by atoms with van der Waals surface area (Å²) >= 11 is 0. The van der Waals surface area contributed by atoms with Gasteiger partial charge in [-0.25, -0.2) is 4.39 Å². The first-order valence-corrected chi connectivity index (χ1v) is 9.14. The predicted molar refractivity (Wildman–Crippen MR) is 96.8 cm³/mol. The Balaban J connectivity index is 1.53. The summed E-state index contributed by atoms with van der Waals surface area (Å²) < 4.78 is 18.3. The molecule has 2 saturated heterocycles. The van der Waals surface area contributed by atoms with Gasteiger partial charge in [0.05, 0.1) is 13.2 Å². The molecule has 26 heavy (non-hydrogen) atoms. The van der Waals surface area contributed by atoms with Crippen LogP contribution in [-0.2, 0) is 14.3 Å². The molecule has 0 aromatic heterocycles. The molecule has 0 spiro atoms. The summed E-state index contributed by atoms with van der Waals surface area (Å²) in [6.07, 6.45) is 2.99. The van der Waals surface area contributed by atoms with E-state index in [2.05, 4.69) is 0 Å². The molecule has 6 heteroatoms. The van der Waals surface area contributed by atoms with Crippen molar-refractivity contribution in [2.24, 2.45) is 5.92 Å². The molecule has 0 unspecified atom stereocenters. The van der Waals surface area contributed by atoms with Crippen LogP contribution in [0.1, 0.15) is 25.3 Å². The topological polar surface area (TPSA) is 49.9 Å². The zero-order valence-electron chi connectivity index (χ0n) is 15.1. The summed E-state index contributed by atoms with van der Waals surface area (Å²) in [5.74, 6) is -0.151. The first-order valence-electron chi connectivity index (χ1n) is 9.14. The lowest BCUT2D eigenvalue weighted by molar-refractivity contribution is -0.142. The van der Waals surface area contributed by atoms with Gasteiger partial charge in [-0.05, 0) is 43.0 Å². The number of amides is 2. The summed E-state index contributed by atoms with van der Waals surface area (Å²) in [7, 11) is 0. The van der Waals surface area contributed by atoms with E-state index in [1.165, 1.54) is 12.1 Å². The lowest BCUT2D eigenvalue weighted by atomic mass is 9.95. The van der Waals surface area contributed by atoms with Gasteiger partial charge in [-0.15, -0.1) is 0 Å². The second-order valence-corrected chi connectivity index (χ2v) is 6.87. The Morgan fingerprint density at radius 1 is 1.04 bits per heavy atom. The quantitative estimate of drug-likeness (QED) is 0.778. The van der Waals surface area contributed by atoms with E-state index in [9.17, 15) is 14.0 Å². The van der Waals surface area contributed by atoms with Gasteiger partial charge in [-0.2, -0.15) is 0 Å². The number of morpholine rings is 1. The Hall–Kier alpha value is -2.21. The molecular formula is C20H25FN2O3. The van der Waals surface area contributed by atoms with E-state index < -0.39 is 0 Å². The van der Waals surface area contributed by atoms with Crippen LogP contribution in [0.25, 0.3) is 5.57 Å². The number of hydrogen-bond acceptors (Lipinski definition) is 3. The smallest absolute Gasteiger partial charge is 0.246 e. The number of hydrogen-bond donors (Lipinski definition) is 0. The van der Waals surface area contributed by atoms with E-state index in [-0.39, 0.29) is 23.5 Å². The van der Waals surface area contributed by atoms with Crippen LogP contribution < -0.4 is 0 Å². The molecule has 2 aliphatic heterocycles.